The van der Waals surface area contributed by atoms with Crippen LogP contribution in [-0.4, -0.2) is 64.7 Å². The summed E-state index contributed by atoms with van der Waals surface area (Å²) in [4.78, 5) is 37.4. The maximum absolute atomic E-state index is 13.3. The number of ether oxygens (including phenoxy) is 2. The lowest BCUT2D eigenvalue weighted by atomic mass is 10.0. The van der Waals surface area contributed by atoms with Crippen LogP contribution in [0.2, 0.25) is 0 Å². The average molecular weight is 553 g/mol. The van der Waals surface area contributed by atoms with Gasteiger partial charge in [0.15, 0.2) is 0 Å². The molecule has 0 bridgehead atoms. The zero-order valence-electron chi connectivity index (χ0n) is 23.4. The van der Waals surface area contributed by atoms with E-state index in [1.807, 2.05) is 55.1 Å². The van der Waals surface area contributed by atoms with Crippen molar-refractivity contribution in [2.45, 2.75) is 26.7 Å². The van der Waals surface area contributed by atoms with Crippen LogP contribution in [0.15, 0.2) is 54.9 Å². The number of methoxy groups -OCH3 is 1. The number of hydrogen-bond acceptors (Lipinski definition) is 7. The van der Waals surface area contributed by atoms with Gasteiger partial charge < -0.3 is 29.6 Å². The minimum atomic E-state index is -0.136. The van der Waals surface area contributed by atoms with Crippen molar-refractivity contribution < 1.29 is 19.1 Å². The van der Waals surface area contributed by atoms with E-state index in [0.29, 0.717) is 61.2 Å². The number of aryl methyl sites for hydroxylation is 3. The summed E-state index contributed by atoms with van der Waals surface area (Å²) in [6.45, 7) is 6.20. The van der Waals surface area contributed by atoms with Gasteiger partial charge in [0.2, 0.25) is 5.95 Å². The van der Waals surface area contributed by atoms with Crippen molar-refractivity contribution in [2.75, 3.05) is 44.0 Å². The number of rotatable bonds is 6. The van der Waals surface area contributed by atoms with E-state index in [2.05, 4.69) is 15.6 Å². The number of amides is 2. The van der Waals surface area contributed by atoms with Crippen molar-refractivity contribution in [3.63, 3.8) is 0 Å². The molecule has 1 saturated heterocycles. The lowest BCUT2D eigenvalue weighted by Crippen LogP contribution is -2.40. The van der Waals surface area contributed by atoms with Crippen molar-refractivity contribution in [1.82, 2.24) is 19.4 Å². The Morgan fingerprint density at radius 2 is 1.80 bits per heavy atom. The summed E-state index contributed by atoms with van der Waals surface area (Å²) in [6, 6.07) is 13.1. The number of para-hydroxylation sites is 1. The summed E-state index contributed by atoms with van der Waals surface area (Å²) in [6.07, 6.45) is 5.13. The van der Waals surface area contributed by atoms with Crippen LogP contribution in [-0.2, 0) is 17.6 Å². The first-order valence-corrected chi connectivity index (χ1v) is 13.7. The number of hydrogen-bond donors (Lipinski definition) is 2. The zero-order valence-corrected chi connectivity index (χ0v) is 23.4. The van der Waals surface area contributed by atoms with Crippen molar-refractivity contribution in [2.24, 2.45) is 0 Å². The second kappa shape index (κ2) is 11.1. The number of nitrogens with zero attached hydrogens (tertiary/aromatic N) is 4. The highest BCUT2D eigenvalue weighted by Gasteiger charge is 2.25. The van der Waals surface area contributed by atoms with Crippen LogP contribution >= 0.6 is 0 Å². The molecule has 0 atom stereocenters. The number of morpholine rings is 1. The summed E-state index contributed by atoms with van der Waals surface area (Å²) in [5.41, 5.74) is 6.62. The predicted molar refractivity (Wildman–Crippen MR) is 156 cm³/mol. The Bertz CT molecular complexity index is 1620. The topological polar surface area (TPSA) is 111 Å². The van der Waals surface area contributed by atoms with Crippen molar-refractivity contribution >= 4 is 29.1 Å². The lowest BCUT2D eigenvalue weighted by molar-refractivity contribution is 0.0302. The van der Waals surface area contributed by atoms with Crippen LogP contribution in [0.5, 0.6) is 5.75 Å². The van der Waals surface area contributed by atoms with E-state index in [1.165, 1.54) is 0 Å². The Labute approximate surface area is 238 Å². The fourth-order valence-electron chi connectivity index (χ4n) is 5.41. The molecule has 0 spiro atoms. The zero-order chi connectivity index (χ0) is 28.5. The van der Waals surface area contributed by atoms with E-state index < -0.39 is 0 Å². The Hall–Kier alpha value is -4.70. The molecule has 2 aliphatic rings. The third-order valence-corrected chi connectivity index (χ3v) is 7.65. The molecule has 210 valence electrons. The molecule has 0 saturated carbocycles. The van der Waals surface area contributed by atoms with Gasteiger partial charge in [0.05, 0.1) is 31.6 Å². The molecule has 10 nitrogen and oxygen atoms in total. The molecule has 1 fully saturated rings. The Morgan fingerprint density at radius 1 is 1.02 bits per heavy atom. The van der Waals surface area contributed by atoms with E-state index in [-0.39, 0.29) is 11.8 Å². The van der Waals surface area contributed by atoms with E-state index in [0.717, 1.165) is 40.3 Å². The number of carbonyl (C=O) groups is 2. The van der Waals surface area contributed by atoms with Crippen LogP contribution in [0.3, 0.4) is 0 Å². The number of nitrogens with one attached hydrogen (secondary N) is 2. The molecule has 4 heterocycles. The average Bonchev–Trinajstić information content (AvgIpc) is 3.44. The standard InChI is InChI=1S/C31H32N6O4/c1-19-5-4-6-20(2)27(19)34-29(38)23-11-12-37-25(23)10-8-22-18-32-31(35-28(22)37)33-24-9-7-21(17-26(24)40-3)30(39)36-13-15-41-16-14-36/h4-7,9,11-12,17-18H,8,10,13-16H2,1-3H3,(H,34,38)(H,32,33,35). The lowest BCUT2D eigenvalue weighted by Gasteiger charge is -2.27. The third-order valence-electron chi connectivity index (χ3n) is 7.65. The van der Waals surface area contributed by atoms with Gasteiger partial charge in [-0.2, -0.15) is 4.98 Å². The highest BCUT2D eigenvalue weighted by molar-refractivity contribution is 6.06. The SMILES string of the molecule is COc1cc(C(=O)N2CCOCC2)ccc1Nc1ncc2c(n1)-n1ccc(C(=O)Nc3c(C)cccc3C)c1CC2. The van der Waals surface area contributed by atoms with E-state index in [9.17, 15) is 9.59 Å². The number of fused-ring (bicyclic) bond motifs is 3. The van der Waals surface area contributed by atoms with Crippen LogP contribution < -0.4 is 15.4 Å². The van der Waals surface area contributed by atoms with Gasteiger partial charge in [-0.15, -0.1) is 0 Å². The molecule has 2 aromatic carbocycles. The summed E-state index contributed by atoms with van der Waals surface area (Å²) in [5.74, 6) is 1.44. The molecule has 2 amide bonds. The van der Waals surface area contributed by atoms with Crippen molar-refractivity contribution in [1.29, 1.82) is 0 Å². The van der Waals surface area contributed by atoms with Crippen LogP contribution in [0, 0.1) is 13.8 Å². The van der Waals surface area contributed by atoms with Gasteiger partial charge in [0, 0.05) is 48.0 Å². The Kier molecular flexibility index (Phi) is 7.15. The summed E-state index contributed by atoms with van der Waals surface area (Å²) >= 11 is 0. The van der Waals surface area contributed by atoms with Crippen molar-refractivity contribution in [3.8, 4) is 11.6 Å². The van der Waals surface area contributed by atoms with Crippen LogP contribution in [0.25, 0.3) is 5.82 Å². The Balaban J connectivity index is 1.24. The molecule has 0 radical (unpaired) electrons. The van der Waals surface area contributed by atoms with Crippen LogP contribution in [0.4, 0.5) is 17.3 Å². The monoisotopic (exact) mass is 552 g/mol. The third kappa shape index (κ3) is 5.14. The van der Waals surface area contributed by atoms with Gasteiger partial charge in [0.25, 0.3) is 11.8 Å². The van der Waals surface area contributed by atoms with Gasteiger partial charge >= 0.3 is 0 Å². The maximum Gasteiger partial charge on any atom is 0.257 e. The number of anilines is 3. The number of aromatic nitrogens is 3. The summed E-state index contributed by atoms with van der Waals surface area (Å²) in [5, 5.41) is 6.34. The first-order chi connectivity index (χ1) is 19.9. The normalized spacial score (nSPS) is 14.2. The van der Waals surface area contributed by atoms with Gasteiger partial charge in [-0.05, 0) is 62.1 Å². The number of carbonyl (C=O) groups excluding carboxylic acids is 2. The molecule has 6 rings (SSSR count). The molecule has 0 unspecified atom stereocenters. The minimum Gasteiger partial charge on any atom is -0.495 e. The fourth-order valence-corrected chi connectivity index (χ4v) is 5.41. The molecular formula is C31H32N6O4. The van der Waals surface area contributed by atoms with Crippen LogP contribution in [0.1, 0.15) is 43.1 Å². The first kappa shape index (κ1) is 26.5. The minimum absolute atomic E-state index is 0.0549. The van der Waals surface area contributed by atoms with E-state index >= 15 is 0 Å². The van der Waals surface area contributed by atoms with Gasteiger partial charge in [0.1, 0.15) is 11.6 Å². The molecule has 2 aliphatic heterocycles. The summed E-state index contributed by atoms with van der Waals surface area (Å²) < 4.78 is 12.9. The largest absolute Gasteiger partial charge is 0.495 e. The molecule has 2 aromatic heterocycles. The number of benzene rings is 2. The maximum atomic E-state index is 13.3. The van der Waals surface area contributed by atoms with Crippen molar-refractivity contribution in [3.05, 3.63) is 88.4 Å². The van der Waals surface area contributed by atoms with E-state index in [1.54, 1.807) is 30.2 Å². The summed E-state index contributed by atoms with van der Waals surface area (Å²) in [7, 11) is 1.56. The molecule has 0 aliphatic carbocycles. The van der Waals surface area contributed by atoms with E-state index in [4.69, 9.17) is 14.5 Å². The quantitative estimate of drug-likeness (QED) is 0.363. The highest BCUT2D eigenvalue weighted by atomic mass is 16.5. The Morgan fingerprint density at radius 3 is 2.56 bits per heavy atom. The molecule has 4 aromatic rings. The second-order valence-corrected chi connectivity index (χ2v) is 10.3. The molecule has 10 heteroatoms. The molecule has 2 N–H and O–H groups in total. The first-order valence-electron chi connectivity index (χ1n) is 13.7. The molecular weight excluding hydrogens is 520 g/mol. The highest BCUT2D eigenvalue weighted by Crippen LogP contribution is 2.31. The predicted octanol–water partition coefficient (Wildman–Crippen LogP) is 4.46. The van der Waals surface area contributed by atoms with Gasteiger partial charge in [-0.3, -0.25) is 9.59 Å². The molecule has 41 heavy (non-hydrogen) atoms. The smallest absolute Gasteiger partial charge is 0.257 e. The van der Waals surface area contributed by atoms with Gasteiger partial charge in [-0.1, -0.05) is 18.2 Å². The second-order valence-electron chi connectivity index (χ2n) is 10.3. The fraction of sp³-hybridized carbons (Fsp3) is 0.290. The van der Waals surface area contributed by atoms with Gasteiger partial charge in [-0.25, -0.2) is 4.98 Å².